The lowest BCUT2D eigenvalue weighted by Gasteiger charge is -2.18. The van der Waals surface area contributed by atoms with Gasteiger partial charge in [-0.25, -0.2) is 0 Å². The lowest BCUT2D eigenvalue weighted by Crippen LogP contribution is -2.25. The summed E-state index contributed by atoms with van der Waals surface area (Å²) in [4.78, 5) is 28.7. The van der Waals surface area contributed by atoms with Gasteiger partial charge in [0.1, 0.15) is 22.2 Å². The van der Waals surface area contributed by atoms with Gasteiger partial charge < -0.3 is 10.1 Å². The Morgan fingerprint density at radius 3 is 2.73 bits per heavy atom. The molecule has 1 aromatic carbocycles. The fourth-order valence-electron chi connectivity index (χ4n) is 2.18. The highest BCUT2D eigenvalue weighted by atomic mass is 35.5. The molecule has 0 spiro atoms. The first kappa shape index (κ1) is 14.3. The first-order valence-corrected chi connectivity index (χ1v) is 6.85. The monoisotopic (exact) mass is 314 g/mol. The average molecular weight is 315 g/mol. The Kier molecular flexibility index (Phi) is 3.65. The topological polar surface area (TPSA) is 68.3 Å². The van der Waals surface area contributed by atoms with Gasteiger partial charge in [-0.1, -0.05) is 17.7 Å². The van der Waals surface area contributed by atoms with Gasteiger partial charge in [-0.05, 0) is 24.3 Å². The average Bonchev–Trinajstić information content (AvgIpc) is 2.57. The van der Waals surface area contributed by atoms with Crippen molar-refractivity contribution in [2.75, 3.05) is 12.4 Å². The van der Waals surface area contributed by atoms with E-state index in [1.165, 1.54) is 6.20 Å². The summed E-state index contributed by atoms with van der Waals surface area (Å²) < 4.78 is 5.12. The maximum Gasteiger partial charge on any atom is 0.225 e. The number of Topliss-reactive ketones (excluding diaryl/α,β-unsaturated/α-hetero) is 2. The normalized spacial score (nSPS) is 13.9. The van der Waals surface area contributed by atoms with Crippen LogP contribution in [-0.2, 0) is 0 Å². The minimum absolute atomic E-state index is 0.0421. The molecule has 0 saturated carbocycles. The number of carbonyl (C=O) groups is 2. The van der Waals surface area contributed by atoms with Gasteiger partial charge in [0, 0.05) is 18.0 Å². The Morgan fingerprint density at radius 2 is 1.95 bits per heavy atom. The number of ketones is 2. The number of pyridine rings is 1. The number of halogens is 1. The van der Waals surface area contributed by atoms with E-state index < -0.39 is 5.78 Å². The molecule has 1 aliphatic carbocycles. The van der Waals surface area contributed by atoms with Crippen LogP contribution in [0.15, 0.2) is 53.3 Å². The number of nitrogens with one attached hydrogen (secondary N) is 1. The number of benzene rings is 1. The third-order valence-corrected chi connectivity index (χ3v) is 3.61. The van der Waals surface area contributed by atoms with E-state index in [2.05, 4.69) is 10.3 Å². The predicted octanol–water partition coefficient (Wildman–Crippen LogP) is 3.03. The van der Waals surface area contributed by atoms with Gasteiger partial charge in [0.25, 0.3) is 0 Å². The van der Waals surface area contributed by atoms with Crippen molar-refractivity contribution in [1.29, 1.82) is 0 Å². The smallest absolute Gasteiger partial charge is 0.225 e. The maximum atomic E-state index is 12.5. The molecule has 0 saturated heterocycles. The number of anilines is 1. The highest BCUT2D eigenvalue weighted by Gasteiger charge is 2.32. The molecule has 3 rings (SSSR count). The second kappa shape index (κ2) is 5.61. The third kappa shape index (κ3) is 2.35. The lowest BCUT2D eigenvalue weighted by molar-refractivity contribution is 0.0978. The maximum absolute atomic E-state index is 12.5. The number of ether oxygens (including phenoxy) is 1. The minimum Gasteiger partial charge on any atom is -0.497 e. The number of hydrogen-bond donors (Lipinski definition) is 1. The molecule has 0 unspecified atom stereocenters. The van der Waals surface area contributed by atoms with E-state index in [1.807, 2.05) is 0 Å². The molecule has 6 heteroatoms. The number of rotatable bonds is 3. The van der Waals surface area contributed by atoms with Gasteiger partial charge in [-0.2, -0.15) is 0 Å². The van der Waals surface area contributed by atoms with Crippen LogP contribution >= 0.6 is 11.6 Å². The third-order valence-electron chi connectivity index (χ3n) is 3.25. The van der Waals surface area contributed by atoms with E-state index in [4.69, 9.17) is 16.3 Å². The molecule has 0 bridgehead atoms. The molecule has 0 amide bonds. The quantitative estimate of drug-likeness (QED) is 0.943. The first-order valence-electron chi connectivity index (χ1n) is 6.47. The lowest BCUT2D eigenvalue weighted by atomic mass is 9.97. The highest BCUT2D eigenvalue weighted by Crippen LogP contribution is 2.29. The van der Waals surface area contributed by atoms with E-state index in [1.54, 1.807) is 43.5 Å². The summed E-state index contributed by atoms with van der Waals surface area (Å²) >= 11 is 6.05. The van der Waals surface area contributed by atoms with Gasteiger partial charge in [0.2, 0.25) is 11.6 Å². The van der Waals surface area contributed by atoms with Crippen LogP contribution in [0, 0.1) is 0 Å². The molecule has 110 valence electrons. The van der Waals surface area contributed by atoms with Crippen molar-refractivity contribution in [3.8, 4) is 5.75 Å². The Bertz CT molecular complexity index is 815. The van der Waals surface area contributed by atoms with Crippen LogP contribution in [0.3, 0.4) is 0 Å². The number of methoxy groups -OCH3 is 1. The Labute approximate surface area is 131 Å². The number of fused-ring (bicyclic) bond motifs is 1. The van der Waals surface area contributed by atoms with E-state index >= 15 is 0 Å². The summed E-state index contributed by atoms with van der Waals surface area (Å²) in [5.41, 5.74) is 0.956. The summed E-state index contributed by atoms with van der Waals surface area (Å²) in [6, 6.07) is 10.1. The van der Waals surface area contributed by atoms with Crippen molar-refractivity contribution in [3.63, 3.8) is 0 Å². The van der Waals surface area contributed by atoms with Crippen LogP contribution < -0.4 is 10.1 Å². The number of carbonyl (C=O) groups excluding carboxylic acids is 2. The molecule has 5 nitrogen and oxygen atoms in total. The zero-order valence-corrected chi connectivity index (χ0v) is 12.3. The second-order valence-electron chi connectivity index (χ2n) is 4.60. The van der Waals surface area contributed by atoms with Gasteiger partial charge in [0.05, 0.1) is 12.7 Å². The molecule has 1 N–H and O–H groups in total. The van der Waals surface area contributed by atoms with Gasteiger partial charge in [-0.15, -0.1) is 0 Å². The van der Waals surface area contributed by atoms with Crippen LogP contribution in [0.2, 0.25) is 0 Å². The summed E-state index contributed by atoms with van der Waals surface area (Å²) in [7, 11) is 1.54. The Balaban J connectivity index is 2.01. The van der Waals surface area contributed by atoms with E-state index in [-0.39, 0.29) is 27.8 Å². The standard InChI is InChI=1S/C16H11ClN2O3/c1-22-10-5-2-4-9(8-10)19-14-12(17)16(21)13-11(15(14)20)6-3-7-18-13/h2-8,19H,1H3. The highest BCUT2D eigenvalue weighted by molar-refractivity contribution is 6.50. The van der Waals surface area contributed by atoms with Crippen LogP contribution in [0.4, 0.5) is 5.69 Å². The van der Waals surface area contributed by atoms with Crippen LogP contribution in [-0.4, -0.2) is 23.7 Å². The molecule has 0 aliphatic heterocycles. The van der Waals surface area contributed by atoms with Gasteiger partial charge >= 0.3 is 0 Å². The van der Waals surface area contributed by atoms with Crippen LogP contribution in [0.5, 0.6) is 5.75 Å². The molecule has 1 heterocycles. The van der Waals surface area contributed by atoms with Crippen molar-refractivity contribution < 1.29 is 14.3 Å². The number of allylic oxidation sites excluding steroid dienone is 2. The van der Waals surface area contributed by atoms with E-state index in [0.717, 1.165) is 0 Å². The summed E-state index contributed by atoms with van der Waals surface area (Å²) in [5, 5.41) is 2.73. The fraction of sp³-hybridized carbons (Fsp3) is 0.0625. The van der Waals surface area contributed by atoms with Gasteiger partial charge in [0.15, 0.2) is 0 Å². The summed E-state index contributed by atoms with van der Waals surface area (Å²) in [6.07, 6.45) is 1.45. The molecule has 1 aromatic heterocycles. The molecule has 0 radical (unpaired) electrons. The predicted molar refractivity (Wildman–Crippen MR) is 82.4 cm³/mol. The first-order chi connectivity index (χ1) is 10.6. The van der Waals surface area contributed by atoms with Gasteiger partial charge in [-0.3, -0.25) is 14.6 Å². The summed E-state index contributed by atoms with van der Waals surface area (Å²) in [5.74, 6) is -0.212. The van der Waals surface area contributed by atoms with Crippen LogP contribution in [0.1, 0.15) is 20.8 Å². The van der Waals surface area contributed by atoms with Crippen molar-refractivity contribution in [3.05, 3.63) is 64.6 Å². The minimum atomic E-state index is -0.470. The molecule has 1 aliphatic rings. The van der Waals surface area contributed by atoms with Crippen molar-refractivity contribution >= 4 is 28.9 Å². The van der Waals surface area contributed by atoms with E-state index in [9.17, 15) is 9.59 Å². The van der Waals surface area contributed by atoms with Crippen molar-refractivity contribution in [1.82, 2.24) is 4.98 Å². The largest absolute Gasteiger partial charge is 0.497 e. The Hall–Kier alpha value is -2.66. The zero-order chi connectivity index (χ0) is 15.7. The van der Waals surface area contributed by atoms with Crippen molar-refractivity contribution in [2.24, 2.45) is 0 Å². The summed E-state index contributed by atoms with van der Waals surface area (Å²) in [6.45, 7) is 0. The number of hydrogen-bond acceptors (Lipinski definition) is 5. The molecular weight excluding hydrogens is 304 g/mol. The molecular formula is C16H11ClN2O3. The Morgan fingerprint density at radius 1 is 1.14 bits per heavy atom. The molecule has 0 atom stereocenters. The van der Waals surface area contributed by atoms with E-state index in [0.29, 0.717) is 11.4 Å². The SMILES string of the molecule is COc1cccc(NC2=C(Cl)C(=O)c3ncccc3C2=O)c1. The second-order valence-corrected chi connectivity index (χ2v) is 4.98. The molecule has 2 aromatic rings. The molecule has 22 heavy (non-hydrogen) atoms. The van der Waals surface area contributed by atoms with Crippen LogP contribution in [0.25, 0.3) is 0 Å². The molecule has 0 fully saturated rings. The van der Waals surface area contributed by atoms with Crippen molar-refractivity contribution in [2.45, 2.75) is 0 Å². The zero-order valence-electron chi connectivity index (χ0n) is 11.6. The number of nitrogens with zero attached hydrogens (tertiary/aromatic N) is 1. The number of aromatic nitrogens is 1. The fourth-order valence-corrected chi connectivity index (χ4v) is 2.40.